The number of carbonyl (C=O) groups excluding carboxylic acids is 3. The van der Waals surface area contributed by atoms with E-state index in [4.69, 9.17) is 0 Å². The van der Waals surface area contributed by atoms with Crippen LogP contribution in [0.1, 0.15) is 39.0 Å². The monoisotopic (exact) mass is 402 g/mol. The number of likely N-dealkylation sites (tertiary alicyclic amines) is 2. The molecule has 1 aromatic carbocycles. The maximum atomic E-state index is 13.2. The summed E-state index contributed by atoms with van der Waals surface area (Å²) in [6, 6.07) is 5.04. The van der Waals surface area contributed by atoms with E-state index < -0.39 is 11.9 Å². The third kappa shape index (κ3) is 4.06. The average molecular weight is 402 g/mol. The van der Waals surface area contributed by atoms with Gasteiger partial charge in [0.1, 0.15) is 5.82 Å². The fourth-order valence-electron chi connectivity index (χ4n) is 4.88. The van der Waals surface area contributed by atoms with Gasteiger partial charge < -0.3 is 9.80 Å². The van der Waals surface area contributed by atoms with E-state index in [9.17, 15) is 18.8 Å². The molecule has 3 heterocycles. The number of anilines is 1. The molecule has 3 fully saturated rings. The Morgan fingerprint density at radius 3 is 2.28 bits per heavy atom. The van der Waals surface area contributed by atoms with Gasteiger partial charge in [0.05, 0.1) is 25.2 Å². The summed E-state index contributed by atoms with van der Waals surface area (Å²) < 4.78 is 13.2. The molecule has 3 aliphatic heterocycles. The summed E-state index contributed by atoms with van der Waals surface area (Å²) in [5.41, 5.74) is 0.424. The Labute approximate surface area is 170 Å². The lowest BCUT2D eigenvalue weighted by molar-refractivity contribution is -0.920. The second-order valence-corrected chi connectivity index (χ2v) is 8.74. The lowest BCUT2D eigenvalue weighted by Gasteiger charge is -2.36. The van der Waals surface area contributed by atoms with E-state index in [2.05, 4.69) is 6.92 Å². The van der Waals surface area contributed by atoms with E-state index in [1.807, 2.05) is 4.90 Å². The summed E-state index contributed by atoms with van der Waals surface area (Å²) in [6.07, 6.45) is 3.85. The highest BCUT2D eigenvalue weighted by molar-refractivity contribution is 6.21. The zero-order valence-electron chi connectivity index (χ0n) is 16.9. The molecule has 1 atom stereocenters. The summed E-state index contributed by atoms with van der Waals surface area (Å²) in [5, 5.41) is 0. The van der Waals surface area contributed by atoms with Crippen LogP contribution in [0.3, 0.4) is 0 Å². The molecule has 4 rings (SSSR count). The fourth-order valence-corrected chi connectivity index (χ4v) is 4.88. The molecular formula is C22H29FN3O3+. The summed E-state index contributed by atoms with van der Waals surface area (Å²) in [6.45, 7) is 5.40. The van der Waals surface area contributed by atoms with Gasteiger partial charge in [-0.25, -0.2) is 9.29 Å². The maximum absolute atomic E-state index is 13.2. The summed E-state index contributed by atoms with van der Waals surface area (Å²) in [5.74, 6) is 0.140. The highest BCUT2D eigenvalue weighted by Crippen LogP contribution is 2.24. The first-order chi connectivity index (χ1) is 13.9. The van der Waals surface area contributed by atoms with Crippen LogP contribution in [0, 0.1) is 17.7 Å². The standard InChI is InChI=1S/C22H28FN3O3/c1-15-6-10-25(11-7-15)21(28)16-8-12-24(13-9-16)19-14-20(27)26(22(19)29)18-4-2-17(23)3-5-18/h2-5,15-16,19H,6-14H2,1H3/p+1/t19-/m1/s1. The van der Waals surface area contributed by atoms with E-state index in [1.54, 1.807) is 0 Å². The van der Waals surface area contributed by atoms with Crippen molar-refractivity contribution < 1.29 is 23.7 Å². The molecule has 1 N–H and O–H groups in total. The number of hydrogen-bond donors (Lipinski definition) is 1. The minimum absolute atomic E-state index is 0.0348. The number of imide groups is 1. The Bertz CT molecular complexity index is 781. The molecule has 0 bridgehead atoms. The van der Waals surface area contributed by atoms with Crippen LogP contribution >= 0.6 is 0 Å². The van der Waals surface area contributed by atoms with Crippen LogP contribution in [-0.4, -0.2) is 54.8 Å². The third-order valence-electron chi connectivity index (χ3n) is 6.80. The Hall–Kier alpha value is -2.28. The van der Waals surface area contributed by atoms with Crippen LogP contribution in [0.4, 0.5) is 10.1 Å². The molecule has 0 radical (unpaired) electrons. The molecule has 3 amide bonds. The molecule has 0 spiro atoms. The van der Waals surface area contributed by atoms with Gasteiger partial charge in [0.2, 0.25) is 11.8 Å². The number of halogens is 1. The number of carbonyl (C=O) groups is 3. The minimum atomic E-state index is -0.403. The predicted molar refractivity (Wildman–Crippen MR) is 106 cm³/mol. The first-order valence-corrected chi connectivity index (χ1v) is 10.7. The van der Waals surface area contributed by atoms with Crippen LogP contribution in [0.2, 0.25) is 0 Å². The second kappa shape index (κ2) is 8.22. The van der Waals surface area contributed by atoms with Crippen molar-refractivity contribution in [1.82, 2.24) is 4.90 Å². The van der Waals surface area contributed by atoms with Crippen LogP contribution < -0.4 is 9.80 Å². The molecule has 1 aromatic rings. The van der Waals surface area contributed by atoms with Crippen LogP contribution in [-0.2, 0) is 14.4 Å². The van der Waals surface area contributed by atoms with Gasteiger partial charge >= 0.3 is 0 Å². The van der Waals surface area contributed by atoms with Gasteiger partial charge in [-0.3, -0.25) is 14.4 Å². The molecule has 0 aliphatic carbocycles. The van der Waals surface area contributed by atoms with Crippen molar-refractivity contribution in [3.05, 3.63) is 30.1 Å². The van der Waals surface area contributed by atoms with Crippen molar-refractivity contribution in [2.24, 2.45) is 11.8 Å². The predicted octanol–water partition coefficient (Wildman–Crippen LogP) is 1.01. The summed E-state index contributed by atoms with van der Waals surface area (Å²) in [4.78, 5) is 42.5. The molecular weight excluding hydrogens is 373 g/mol. The Kier molecular flexibility index (Phi) is 5.67. The molecule has 156 valence electrons. The molecule has 29 heavy (non-hydrogen) atoms. The lowest BCUT2D eigenvalue weighted by Crippen LogP contribution is -3.17. The quantitative estimate of drug-likeness (QED) is 0.768. The largest absolute Gasteiger partial charge is 0.342 e. The molecule has 6 nitrogen and oxygen atoms in total. The summed E-state index contributed by atoms with van der Waals surface area (Å²) in [7, 11) is 0. The van der Waals surface area contributed by atoms with E-state index in [0.717, 1.165) is 56.8 Å². The molecule has 0 unspecified atom stereocenters. The van der Waals surface area contributed by atoms with Crippen molar-refractivity contribution in [1.29, 1.82) is 0 Å². The number of rotatable bonds is 3. The highest BCUT2D eigenvalue weighted by atomic mass is 19.1. The van der Waals surface area contributed by atoms with Gasteiger partial charge in [0, 0.05) is 31.8 Å². The number of nitrogens with one attached hydrogen (secondary N) is 1. The molecule has 0 saturated carbocycles. The first kappa shape index (κ1) is 20.0. The molecule has 3 aliphatic rings. The number of piperidine rings is 2. The van der Waals surface area contributed by atoms with Gasteiger partial charge in [-0.2, -0.15) is 0 Å². The zero-order valence-corrected chi connectivity index (χ0v) is 16.9. The van der Waals surface area contributed by atoms with E-state index in [1.165, 1.54) is 29.2 Å². The van der Waals surface area contributed by atoms with Gasteiger partial charge in [-0.15, -0.1) is 0 Å². The Morgan fingerprint density at radius 1 is 1.03 bits per heavy atom. The smallest absolute Gasteiger partial charge is 0.292 e. The van der Waals surface area contributed by atoms with Crippen LogP contribution in [0.5, 0.6) is 0 Å². The lowest BCUT2D eigenvalue weighted by atomic mass is 9.92. The minimum Gasteiger partial charge on any atom is -0.342 e. The SMILES string of the molecule is CC1CCN(C(=O)C2CC[NH+]([C@@H]3CC(=O)N(c4ccc(F)cc4)C3=O)CC2)CC1. The van der Waals surface area contributed by atoms with Gasteiger partial charge in [-0.1, -0.05) is 6.92 Å². The van der Waals surface area contributed by atoms with E-state index >= 15 is 0 Å². The Morgan fingerprint density at radius 2 is 1.66 bits per heavy atom. The summed E-state index contributed by atoms with van der Waals surface area (Å²) >= 11 is 0. The van der Waals surface area contributed by atoms with Gasteiger partial charge in [0.15, 0.2) is 6.04 Å². The number of hydrogen-bond acceptors (Lipinski definition) is 3. The van der Waals surface area contributed by atoms with Crippen molar-refractivity contribution in [2.75, 3.05) is 31.1 Å². The zero-order chi connectivity index (χ0) is 20.5. The van der Waals surface area contributed by atoms with Crippen molar-refractivity contribution >= 4 is 23.4 Å². The average Bonchev–Trinajstić information content (AvgIpc) is 3.03. The second-order valence-electron chi connectivity index (χ2n) is 8.74. The third-order valence-corrected chi connectivity index (χ3v) is 6.80. The maximum Gasteiger partial charge on any atom is 0.292 e. The van der Waals surface area contributed by atoms with Crippen molar-refractivity contribution in [2.45, 2.75) is 45.1 Å². The highest BCUT2D eigenvalue weighted by Gasteiger charge is 2.47. The first-order valence-electron chi connectivity index (χ1n) is 10.7. The number of nitrogens with zero attached hydrogens (tertiary/aromatic N) is 2. The van der Waals surface area contributed by atoms with Gasteiger partial charge in [-0.05, 0) is 43.0 Å². The number of amides is 3. The van der Waals surface area contributed by atoms with E-state index in [-0.39, 0.29) is 30.1 Å². The van der Waals surface area contributed by atoms with E-state index in [0.29, 0.717) is 11.6 Å². The van der Waals surface area contributed by atoms with Crippen LogP contribution in [0.25, 0.3) is 0 Å². The number of quaternary nitrogens is 1. The molecule has 3 saturated heterocycles. The number of benzene rings is 1. The topological polar surface area (TPSA) is 62.1 Å². The Balaban J connectivity index is 1.35. The van der Waals surface area contributed by atoms with Crippen molar-refractivity contribution in [3.8, 4) is 0 Å². The molecule has 7 heteroatoms. The van der Waals surface area contributed by atoms with Crippen LogP contribution in [0.15, 0.2) is 24.3 Å². The van der Waals surface area contributed by atoms with Crippen molar-refractivity contribution in [3.63, 3.8) is 0 Å². The fraction of sp³-hybridized carbons (Fsp3) is 0.591. The molecule has 0 aromatic heterocycles. The normalized spacial score (nSPS) is 28.8. The van der Waals surface area contributed by atoms with Gasteiger partial charge in [0.25, 0.3) is 5.91 Å².